The Balaban J connectivity index is 1.87. The van der Waals surface area contributed by atoms with Gasteiger partial charge in [-0.05, 0) is 50.4 Å². The predicted molar refractivity (Wildman–Crippen MR) is 60.7 cm³/mol. The number of carbonyl (C=O) groups is 1. The van der Waals surface area contributed by atoms with Crippen LogP contribution in [-0.4, -0.2) is 23.8 Å². The van der Waals surface area contributed by atoms with E-state index in [1.165, 1.54) is 0 Å². The first-order valence-corrected chi connectivity index (χ1v) is 6.46. The molecule has 0 aromatic carbocycles. The van der Waals surface area contributed by atoms with Gasteiger partial charge < -0.3 is 9.84 Å². The molecule has 0 aliphatic heterocycles. The van der Waals surface area contributed by atoms with Crippen molar-refractivity contribution < 1.29 is 14.6 Å². The Kier molecular flexibility index (Phi) is 3.53. The third-order valence-electron chi connectivity index (χ3n) is 4.39. The highest BCUT2D eigenvalue weighted by molar-refractivity contribution is 5.72. The molecule has 0 aromatic heterocycles. The van der Waals surface area contributed by atoms with Gasteiger partial charge >= 0.3 is 5.97 Å². The molecule has 0 radical (unpaired) electrons. The van der Waals surface area contributed by atoms with Crippen molar-refractivity contribution in [2.45, 2.75) is 45.6 Å². The maximum atomic E-state index is 11.6. The first-order chi connectivity index (χ1) is 7.61. The smallest absolute Gasteiger partial charge is 0.308 e. The lowest BCUT2D eigenvalue weighted by molar-refractivity contribution is -0.149. The molecule has 5 atom stereocenters. The third kappa shape index (κ3) is 2.24. The summed E-state index contributed by atoms with van der Waals surface area (Å²) in [7, 11) is 0. The fraction of sp³-hybridized carbons (Fsp3) is 0.923. The maximum Gasteiger partial charge on any atom is 0.308 e. The van der Waals surface area contributed by atoms with Crippen LogP contribution in [0.4, 0.5) is 0 Å². The van der Waals surface area contributed by atoms with Gasteiger partial charge in [0.15, 0.2) is 0 Å². The van der Waals surface area contributed by atoms with Gasteiger partial charge in [-0.2, -0.15) is 0 Å². The molecule has 3 heteroatoms. The fourth-order valence-electron chi connectivity index (χ4n) is 3.51. The summed E-state index contributed by atoms with van der Waals surface area (Å²) < 4.78 is 5.07. The quantitative estimate of drug-likeness (QED) is 0.748. The minimum Gasteiger partial charge on any atom is -0.466 e. The molecule has 0 heterocycles. The van der Waals surface area contributed by atoms with Gasteiger partial charge in [0.25, 0.3) is 0 Å². The van der Waals surface area contributed by atoms with Crippen molar-refractivity contribution >= 4 is 5.97 Å². The van der Waals surface area contributed by atoms with E-state index in [9.17, 15) is 9.90 Å². The van der Waals surface area contributed by atoms with Crippen molar-refractivity contribution in [3.63, 3.8) is 0 Å². The number of hydrogen-bond donors (Lipinski definition) is 1. The largest absolute Gasteiger partial charge is 0.466 e. The van der Waals surface area contributed by atoms with Crippen LogP contribution in [0.2, 0.25) is 0 Å². The lowest BCUT2D eigenvalue weighted by atomic mass is 9.90. The van der Waals surface area contributed by atoms with Crippen LogP contribution in [0.5, 0.6) is 0 Å². The Labute approximate surface area is 97.2 Å². The molecule has 0 bridgehead atoms. The number of rotatable bonds is 3. The Morgan fingerprint density at radius 2 is 1.88 bits per heavy atom. The Hall–Kier alpha value is -0.570. The molecule has 2 saturated carbocycles. The number of esters is 1. The van der Waals surface area contributed by atoms with Crippen LogP contribution < -0.4 is 0 Å². The summed E-state index contributed by atoms with van der Waals surface area (Å²) in [5.74, 6) is 1.76. The van der Waals surface area contributed by atoms with Gasteiger partial charge in [0, 0.05) is 0 Å². The third-order valence-corrected chi connectivity index (χ3v) is 4.39. The van der Waals surface area contributed by atoms with Crippen LogP contribution in [0.25, 0.3) is 0 Å². The van der Waals surface area contributed by atoms with Crippen LogP contribution in [0.1, 0.15) is 39.5 Å². The highest BCUT2D eigenvalue weighted by atomic mass is 16.5. The molecule has 3 nitrogen and oxygen atoms in total. The van der Waals surface area contributed by atoms with Gasteiger partial charge in [-0.3, -0.25) is 4.79 Å². The number of aliphatic hydroxyl groups is 1. The zero-order valence-corrected chi connectivity index (χ0v) is 10.2. The van der Waals surface area contributed by atoms with Gasteiger partial charge in [-0.15, -0.1) is 0 Å². The highest BCUT2D eigenvalue weighted by Gasteiger charge is 2.43. The zero-order chi connectivity index (χ0) is 11.7. The van der Waals surface area contributed by atoms with Crippen molar-refractivity contribution in [3.8, 4) is 0 Å². The molecule has 2 aliphatic rings. The fourth-order valence-corrected chi connectivity index (χ4v) is 3.51. The van der Waals surface area contributed by atoms with Gasteiger partial charge in [0.05, 0.1) is 18.6 Å². The lowest BCUT2D eigenvalue weighted by Gasteiger charge is -2.18. The van der Waals surface area contributed by atoms with E-state index in [1.807, 2.05) is 13.8 Å². The zero-order valence-electron chi connectivity index (χ0n) is 10.2. The molecule has 2 fully saturated rings. The first kappa shape index (κ1) is 11.9. The SMILES string of the molecule is CCOC(=O)C(C)C1C[C@H]2CC(O)C[C@H]2C1. The van der Waals surface area contributed by atoms with Crippen molar-refractivity contribution in [3.05, 3.63) is 0 Å². The van der Waals surface area contributed by atoms with Gasteiger partial charge in [0.1, 0.15) is 0 Å². The number of hydrogen-bond acceptors (Lipinski definition) is 3. The predicted octanol–water partition coefficient (Wildman–Crippen LogP) is 1.98. The highest BCUT2D eigenvalue weighted by Crippen LogP contribution is 2.49. The summed E-state index contributed by atoms with van der Waals surface area (Å²) in [6.45, 7) is 4.31. The average molecular weight is 226 g/mol. The van der Waals surface area contributed by atoms with E-state index in [0.717, 1.165) is 25.7 Å². The summed E-state index contributed by atoms with van der Waals surface area (Å²) in [5.41, 5.74) is 0. The second-order valence-corrected chi connectivity index (χ2v) is 5.42. The number of aliphatic hydroxyl groups excluding tert-OH is 1. The van der Waals surface area contributed by atoms with Gasteiger partial charge in [0.2, 0.25) is 0 Å². The van der Waals surface area contributed by atoms with Crippen molar-refractivity contribution in [2.24, 2.45) is 23.7 Å². The van der Waals surface area contributed by atoms with Crippen LogP contribution in [-0.2, 0) is 9.53 Å². The number of fused-ring (bicyclic) bond motifs is 1. The van der Waals surface area contributed by atoms with E-state index in [-0.39, 0.29) is 18.0 Å². The minimum absolute atomic E-state index is 0.0303. The van der Waals surface area contributed by atoms with E-state index < -0.39 is 0 Å². The van der Waals surface area contributed by atoms with Crippen LogP contribution in [0.15, 0.2) is 0 Å². The molecule has 0 aromatic rings. The standard InChI is InChI=1S/C13H22O3/c1-3-16-13(15)8(2)9-4-10-6-12(14)7-11(10)5-9/h8-12,14H,3-7H2,1-2H3/t8?,9?,10-,11+,12?. The summed E-state index contributed by atoms with van der Waals surface area (Å²) in [4.78, 5) is 11.6. The van der Waals surface area contributed by atoms with E-state index in [0.29, 0.717) is 24.4 Å². The molecule has 0 saturated heterocycles. The second-order valence-electron chi connectivity index (χ2n) is 5.42. The van der Waals surface area contributed by atoms with Crippen molar-refractivity contribution in [1.82, 2.24) is 0 Å². The molecule has 16 heavy (non-hydrogen) atoms. The summed E-state index contributed by atoms with van der Waals surface area (Å²) in [5, 5.41) is 9.56. The maximum absolute atomic E-state index is 11.6. The second kappa shape index (κ2) is 4.74. The van der Waals surface area contributed by atoms with E-state index in [1.54, 1.807) is 0 Å². The normalized spacial score (nSPS) is 39.4. The average Bonchev–Trinajstić information content (AvgIpc) is 2.73. The molecule has 0 spiro atoms. The summed E-state index contributed by atoms with van der Waals surface area (Å²) in [6, 6.07) is 0. The molecule has 2 rings (SSSR count). The topological polar surface area (TPSA) is 46.5 Å². The first-order valence-electron chi connectivity index (χ1n) is 6.46. The molecule has 3 unspecified atom stereocenters. The molecule has 1 N–H and O–H groups in total. The van der Waals surface area contributed by atoms with E-state index >= 15 is 0 Å². The van der Waals surface area contributed by atoms with Crippen LogP contribution in [0, 0.1) is 23.7 Å². The van der Waals surface area contributed by atoms with Crippen LogP contribution >= 0.6 is 0 Å². The Morgan fingerprint density at radius 3 is 2.38 bits per heavy atom. The lowest BCUT2D eigenvalue weighted by Crippen LogP contribution is -2.22. The van der Waals surface area contributed by atoms with Crippen LogP contribution in [0.3, 0.4) is 0 Å². The molecule has 92 valence electrons. The Bertz CT molecular complexity index is 250. The number of ether oxygens (including phenoxy) is 1. The summed E-state index contributed by atoms with van der Waals surface area (Å²) >= 11 is 0. The van der Waals surface area contributed by atoms with Gasteiger partial charge in [-0.25, -0.2) is 0 Å². The van der Waals surface area contributed by atoms with E-state index in [4.69, 9.17) is 4.74 Å². The van der Waals surface area contributed by atoms with Crippen molar-refractivity contribution in [1.29, 1.82) is 0 Å². The monoisotopic (exact) mass is 226 g/mol. The van der Waals surface area contributed by atoms with E-state index in [2.05, 4.69) is 0 Å². The molecular formula is C13H22O3. The van der Waals surface area contributed by atoms with Crippen molar-refractivity contribution in [2.75, 3.05) is 6.61 Å². The molecule has 0 amide bonds. The Morgan fingerprint density at radius 1 is 1.31 bits per heavy atom. The molecular weight excluding hydrogens is 204 g/mol. The van der Waals surface area contributed by atoms with Gasteiger partial charge in [-0.1, -0.05) is 6.92 Å². The molecule has 2 aliphatic carbocycles. The summed E-state index contributed by atoms with van der Waals surface area (Å²) in [6.07, 6.45) is 3.99. The number of carbonyl (C=O) groups excluding carboxylic acids is 1. The minimum atomic E-state index is -0.0890.